The molecule has 0 fully saturated rings. The number of rotatable bonds is 6. The van der Waals surface area contributed by atoms with Gasteiger partial charge in [-0.2, -0.15) is 0 Å². The van der Waals surface area contributed by atoms with Gasteiger partial charge >= 0.3 is 0 Å². The van der Waals surface area contributed by atoms with E-state index in [2.05, 4.69) is 39.6 Å². The smallest absolute Gasteiger partial charge is 0.255 e. The van der Waals surface area contributed by atoms with Crippen molar-refractivity contribution in [2.75, 3.05) is 11.9 Å². The Labute approximate surface area is 130 Å². The van der Waals surface area contributed by atoms with Crippen LogP contribution in [0.1, 0.15) is 17.8 Å². The molecule has 0 aliphatic rings. The number of nitrogens with two attached hydrogens (primary N) is 1. The Hall–Kier alpha value is -1.53. The summed E-state index contributed by atoms with van der Waals surface area (Å²) in [6, 6.07) is 9.75. The molecule has 1 heterocycles. The van der Waals surface area contributed by atoms with Crippen molar-refractivity contribution in [3.63, 3.8) is 0 Å². The average molecular weight is 355 g/mol. The van der Waals surface area contributed by atoms with Crippen LogP contribution >= 0.6 is 27.3 Å². The first kappa shape index (κ1) is 14.9. The van der Waals surface area contributed by atoms with Crippen LogP contribution < -0.4 is 15.8 Å². The van der Waals surface area contributed by atoms with E-state index in [1.165, 1.54) is 4.88 Å². The van der Waals surface area contributed by atoms with Crippen LogP contribution in [0.15, 0.2) is 40.2 Å². The molecule has 0 radical (unpaired) electrons. The van der Waals surface area contributed by atoms with Crippen LogP contribution in [0.2, 0.25) is 0 Å². The number of hydrogen-bond acceptors (Lipinski definition) is 4. The monoisotopic (exact) mass is 354 g/mol. The molecule has 3 N–H and O–H groups in total. The van der Waals surface area contributed by atoms with Crippen LogP contribution in [0.3, 0.4) is 0 Å². The van der Waals surface area contributed by atoms with Crippen LogP contribution in [0.25, 0.3) is 0 Å². The van der Waals surface area contributed by atoms with Gasteiger partial charge in [0.1, 0.15) is 5.75 Å². The van der Waals surface area contributed by atoms with Crippen molar-refractivity contribution < 1.29 is 9.53 Å². The highest BCUT2D eigenvalue weighted by Crippen LogP contribution is 2.28. The maximum absolute atomic E-state index is 10.7. The normalized spacial score (nSPS) is 11.9. The predicted molar refractivity (Wildman–Crippen MR) is 85.2 cm³/mol. The fourth-order valence-electron chi connectivity index (χ4n) is 1.71. The van der Waals surface area contributed by atoms with Gasteiger partial charge in [-0.1, -0.05) is 6.07 Å². The van der Waals surface area contributed by atoms with E-state index in [0.717, 1.165) is 10.2 Å². The van der Waals surface area contributed by atoms with E-state index in [-0.39, 0.29) is 12.6 Å². The fourth-order valence-corrected chi connectivity index (χ4v) is 3.16. The Morgan fingerprint density at radius 1 is 1.50 bits per heavy atom. The second-order valence-corrected chi connectivity index (χ2v) is 6.17. The minimum Gasteiger partial charge on any atom is -0.484 e. The summed E-state index contributed by atoms with van der Waals surface area (Å²) in [6.07, 6.45) is 0. The topological polar surface area (TPSA) is 64.3 Å². The molecular weight excluding hydrogens is 340 g/mol. The molecule has 0 spiro atoms. The lowest BCUT2D eigenvalue weighted by Gasteiger charge is -2.14. The minimum absolute atomic E-state index is 0.114. The summed E-state index contributed by atoms with van der Waals surface area (Å²) in [4.78, 5) is 11.9. The van der Waals surface area contributed by atoms with Gasteiger partial charge in [-0.3, -0.25) is 4.79 Å². The number of primary amides is 1. The SMILES string of the molecule is CC(Nc1cccc(OCC(N)=O)c1)c1cc(Br)cs1. The van der Waals surface area contributed by atoms with E-state index in [9.17, 15) is 4.79 Å². The number of anilines is 1. The van der Waals surface area contributed by atoms with Crippen molar-refractivity contribution in [1.82, 2.24) is 0 Å². The van der Waals surface area contributed by atoms with Gasteiger partial charge in [0.2, 0.25) is 0 Å². The Morgan fingerprint density at radius 3 is 2.95 bits per heavy atom. The maximum Gasteiger partial charge on any atom is 0.255 e. The Morgan fingerprint density at radius 2 is 2.30 bits per heavy atom. The van der Waals surface area contributed by atoms with E-state index in [1.54, 1.807) is 17.4 Å². The number of halogens is 1. The van der Waals surface area contributed by atoms with Gasteiger partial charge in [0.25, 0.3) is 5.91 Å². The number of nitrogens with one attached hydrogen (secondary N) is 1. The first-order valence-corrected chi connectivity index (χ1v) is 7.73. The van der Waals surface area contributed by atoms with Crippen molar-refractivity contribution >= 4 is 38.9 Å². The third-order valence-electron chi connectivity index (χ3n) is 2.61. The zero-order valence-electron chi connectivity index (χ0n) is 10.9. The van der Waals surface area contributed by atoms with Crippen LogP contribution in [-0.4, -0.2) is 12.5 Å². The highest BCUT2D eigenvalue weighted by atomic mass is 79.9. The number of carbonyl (C=O) groups is 1. The molecule has 6 heteroatoms. The summed E-state index contributed by atoms with van der Waals surface area (Å²) in [6.45, 7) is 1.98. The molecule has 1 aromatic carbocycles. The van der Waals surface area contributed by atoms with Crippen molar-refractivity contribution in [1.29, 1.82) is 0 Å². The molecule has 0 saturated carbocycles. The lowest BCUT2D eigenvalue weighted by atomic mass is 10.2. The molecule has 0 aliphatic heterocycles. The number of carbonyl (C=O) groups excluding carboxylic acids is 1. The highest BCUT2D eigenvalue weighted by Gasteiger charge is 2.08. The molecule has 20 heavy (non-hydrogen) atoms. The number of thiophene rings is 1. The molecule has 1 amide bonds. The molecule has 1 atom stereocenters. The van der Waals surface area contributed by atoms with E-state index >= 15 is 0 Å². The van der Waals surface area contributed by atoms with E-state index in [0.29, 0.717) is 5.75 Å². The summed E-state index contributed by atoms with van der Waals surface area (Å²) in [5.74, 6) is 0.133. The lowest BCUT2D eigenvalue weighted by molar-refractivity contribution is -0.119. The molecule has 0 bridgehead atoms. The first-order valence-electron chi connectivity index (χ1n) is 6.06. The second kappa shape index (κ2) is 6.76. The molecule has 2 aromatic rings. The molecule has 0 saturated heterocycles. The molecule has 0 aliphatic carbocycles. The van der Waals surface area contributed by atoms with Crippen LogP contribution in [0.5, 0.6) is 5.75 Å². The molecule has 2 rings (SSSR count). The van der Waals surface area contributed by atoms with E-state index < -0.39 is 5.91 Å². The predicted octanol–water partition coefficient (Wildman–Crippen LogP) is 3.55. The summed E-state index contributed by atoms with van der Waals surface area (Å²) < 4.78 is 6.37. The van der Waals surface area contributed by atoms with Crippen LogP contribution in [-0.2, 0) is 4.79 Å². The fraction of sp³-hybridized carbons (Fsp3) is 0.214. The van der Waals surface area contributed by atoms with E-state index in [1.807, 2.05) is 18.2 Å². The lowest BCUT2D eigenvalue weighted by Crippen LogP contribution is -2.20. The Bertz CT molecular complexity index is 600. The number of ether oxygens (including phenoxy) is 1. The number of hydrogen-bond donors (Lipinski definition) is 2. The third kappa shape index (κ3) is 4.25. The van der Waals surface area contributed by atoms with Gasteiger partial charge < -0.3 is 15.8 Å². The third-order valence-corrected chi connectivity index (χ3v) is 4.49. The molecule has 1 unspecified atom stereocenters. The first-order chi connectivity index (χ1) is 9.54. The zero-order valence-corrected chi connectivity index (χ0v) is 13.3. The van der Waals surface area contributed by atoms with Crippen molar-refractivity contribution in [2.24, 2.45) is 5.73 Å². The second-order valence-electron chi connectivity index (χ2n) is 4.32. The average Bonchev–Trinajstić information content (AvgIpc) is 2.84. The Kier molecular flexibility index (Phi) is 5.03. The molecule has 1 aromatic heterocycles. The highest BCUT2D eigenvalue weighted by molar-refractivity contribution is 9.10. The van der Waals surface area contributed by atoms with Crippen molar-refractivity contribution in [2.45, 2.75) is 13.0 Å². The number of amides is 1. The number of benzene rings is 1. The minimum atomic E-state index is -0.486. The summed E-state index contributed by atoms with van der Waals surface area (Å²) >= 11 is 5.14. The van der Waals surface area contributed by atoms with Gasteiger partial charge in [-0.15, -0.1) is 11.3 Å². The van der Waals surface area contributed by atoms with Gasteiger partial charge in [0, 0.05) is 26.5 Å². The van der Waals surface area contributed by atoms with Crippen molar-refractivity contribution in [3.05, 3.63) is 45.1 Å². The maximum atomic E-state index is 10.7. The van der Waals surface area contributed by atoms with Crippen LogP contribution in [0, 0.1) is 0 Å². The van der Waals surface area contributed by atoms with E-state index in [4.69, 9.17) is 10.5 Å². The standard InChI is InChI=1S/C14H15BrN2O2S/c1-9(13-5-10(15)8-20-13)17-11-3-2-4-12(6-11)19-7-14(16)18/h2-6,8-9,17H,7H2,1H3,(H2,16,18). The van der Waals surface area contributed by atoms with Gasteiger partial charge in [0.05, 0.1) is 6.04 Å². The summed E-state index contributed by atoms with van der Waals surface area (Å²) in [7, 11) is 0. The molecule has 106 valence electrons. The van der Waals surface area contributed by atoms with Crippen molar-refractivity contribution in [3.8, 4) is 5.75 Å². The van der Waals surface area contributed by atoms with Gasteiger partial charge in [-0.25, -0.2) is 0 Å². The molecular formula is C14H15BrN2O2S. The summed E-state index contributed by atoms with van der Waals surface area (Å²) in [5.41, 5.74) is 5.99. The van der Waals surface area contributed by atoms with Crippen LogP contribution in [0.4, 0.5) is 5.69 Å². The van der Waals surface area contributed by atoms with Gasteiger partial charge in [-0.05, 0) is 41.1 Å². The Balaban J connectivity index is 2.02. The van der Waals surface area contributed by atoms with Gasteiger partial charge in [0.15, 0.2) is 6.61 Å². The summed E-state index contributed by atoms with van der Waals surface area (Å²) in [5, 5.41) is 5.45. The largest absolute Gasteiger partial charge is 0.484 e. The quantitative estimate of drug-likeness (QED) is 0.833. The zero-order chi connectivity index (χ0) is 14.5. The molecule has 4 nitrogen and oxygen atoms in total.